The minimum atomic E-state index is -4.04. The lowest BCUT2D eigenvalue weighted by Gasteiger charge is -2.48. The van der Waals surface area contributed by atoms with Gasteiger partial charge in [0.05, 0.1) is 31.3 Å². The van der Waals surface area contributed by atoms with Crippen LogP contribution in [0.15, 0.2) is 0 Å². The Kier molecular flexibility index (Phi) is 14.4. The zero-order valence-corrected chi connectivity index (χ0v) is 27.2. The maximum absolute atomic E-state index is 14.0. The number of carbonyl (C=O) groups is 1. The molecule has 1 aliphatic carbocycles. The zero-order valence-electron chi connectivity index (χ0n) is 27.2. The summed E-state index contributed by atoms with van der Waals surface area (Å²) in [7, 11) is 0. The van der Waals surface area contributed by atoms with Gasteiger partial charge in [0.2, 0.25) is 0 Å². The van der Waals surface area contributed by atoms with E-state index < -0.39 is 154 Å². The highest BCUT2D eigenvalue weighted by molar-refractivity contribution is 5.82. The second-order valence-corrected chi connectivity index (χ2v) is 13.1. The first-order chi connectivity index (χ1) is 23.9. The number of nitrogens with one attached hydrogen (secondary N) is 1. The summed E-state index contributed by atoms with van der Waals surface area (Å²) in [6.07, 6.45) is -26.4. The molecule has 1 amide bonds. The standard InChI is InChI=1S/C27H51F2N7O15/c28-27(29,5-32)22(44)23(45)36-7-1-6(33)19(49-24-11(34)16(41)14(39)8(2-30)46-24)21(13(7)38)51-26-18(43)20(10(4-37)48-26)50-25-12(35)17(42)15(40)9(3-31)47-25/h6-22,24-26,37-44H,1-5,30-35H2,(H,36,45). The highest BCUT2D eigenvalue weighted by Gasteiger charge is 2.55. The normalized spacial score (nSPS) is 47.3. The van der Waals surface area contributed by atoms with Crippen molar-refractivity contribution in [3.63, 3.8) is 0 Å². The van der Waals surface area contributed by atoms with Crippen LogP contribution in [-0.2, 0) is 33.2 Å². The molecule has 3 aliphatic heterocycles. The third-order valence-corrected chi connectivity index (χ3v) is 9.57. The van der Waals surface area contributed by atoms with Gasteiger partial charge in [0.1, 0.15) is 73.2 Å². The van der Waals surface area contributed by atoms with E-state index in [1.54, 1.807) is 0 Å². The first-order valence-corrected chi connectivity index (χ1v) is 16.3. The summed E-state index contributed by atoms with van der Waals surface area (Å²) in [6, 6.07) is -5.53. The number of carbonyl (C=O) groups excluding carboxylic acids is 1. The minimum Gasteiger partial charge on any atom is -0.394 e. The third-order valence-electron chi connectivity index (χ3n) is 9.57. The summed E-state index contributed by atoms with van der Waals surface area (Å²) in [5.74, 6) is -5.65. The SMILES string of the molecule is NCC1OC(OC2C(CO)OC(OC3C(O)C(NC(=O)C(O)C(F)(F)CN)CC(N)C3OC3OC(CN)C(O)C(O)C3N)C2O)C(N)C(O)C1O. The molecular formula is C27H51F2N7O15. The highest BCUT2D eigenvalue weighted by atomic mass is 19.3. The van der Waals surface area contributed by atoms with Crippen molar-refractivity contribution in [2.45, 2.75) is 135 Å². The molecule has 3 heterocycles. The van der Waals surface area contributed by atoms with Gasteiger partial charge in [0.25, 0.3) is 11.8 Å². The molecule has 0 spiro atoms. The Morgan fingerprint density at radius 3 is 1.67 bits per heavy atom. The van der Waals surface area contributed by atoms with Crippen molar-refractivity contribution in [2.75, 3.05) is 26.2 Å². The van der Waals surface area contributed by atoms with E-state index in [9.17, 15) is 54.4 Å². The summed E-state index contributed by atoms with van der Waals surface area (Å²) in [4.78, 5) is 12.6. The molecule has 3 saturated heterocycles. The fraction of sp³-hybridized carbons (Fsp3) is 0.963. The number of halogens is 2. The molecule has 0 radical (unpaired) electrons. The van der Waals surface area contributed by atoms with Crippen LogP contribution in [0.2, 0.25) is 0 Å². The Morgan fingerprint density at radius 1 is 0.725 bits per heavy atom. The van der Waals surface area contributed by atoms with E-state index in [2.05, 4.69) is 5.32 Å². The van der Waals surface area contributed by atoms with Crippen molar-refractivity contribution < 1.29 is 82.8 Å². The van der Waals surface area contributed by atoms with Crippen molar-refractivity contribution in [1.29, 1.82) is 0 Å². The van der Waals surface area contributed by atoms with E-state index in [1.807, 2.05) is 0 Å². The van der Waals surface area contributed by atoms with E-state index in [-0.39, 0.29) is 13.1 Å². The van der Waals surface area contributed by atoms with Gasteiger partial charge in [-0.2, -0.15) is 0 Å². The molecule has 0 aromatic heterocycles. The maximum atomic E-state index is 14.0. The van der Waals surface area contributed by atoms with Crippen molar-refractivity contribution in [2.24, 2.45) is 34.4 Å². The van der Waals surface area contributed by atoms with E-state index in [4.69, 9.17) is 62.8 Å². The Bertz CT molecular complexity index is 1140. The smallest absolute Gasteiger partial charge is 0.294 e. The van der Waals surface area contributed by atoms with Crippen LogP contribution in [0.4, 0.5) is 8.78 Å². The fourth-order valence-electron chi connectivity index (χ4n) is 6.42. The second-order valence-electron chi connectivity index (χ2n) is 13.1. The van der Waals surface area contributed by atoms with Gasteiger partial charge >= 0.3 is 0 Å². The Hall–Kier alpha value is -1.47. The van der Waals surface area contributed by atoms with Gasteiger partial charge in [-0.1, -0.05) is 0 Å². The topological polar surface area (TPSA) is 402 Å². The molecule has 20 atom stereocenters. The number of rotatable bonds is 13. The van der Waals surface area contributed by atoms with Crippen molar-refractivity contribution in [1.82, 2.24) is 5.32 Å². The lowest BCUT2D eigenvalue weighted by atomic mass is 9.83. The molecule has 24 heteroatoms. The lowest BCUT2D eigenvalue weighted by molar-refractivity contribution is -0.307. The molecule has 20 unspecified atom stereocenters. The Balaban J connectivity index is 1.59. The Labute approximate surface area is 289 Å². The number of hydrogen-bond acceptors (Lipinski definition) is 21. The van der Waals surface area contributed by atoms with Crippen LogP contribution in [0.25, 0.3) is 0 Å². The highest BCUT2D eigenvalue weighted by Crippen LogP contribution is 2.35. The zero-order chi connectivity index (χ0) is 38.1. The molecular weight excluding hydrogens is 700 g/mol. The monoisotopic (exact) mass is 751 g/mol. The maximum Gasteiger partial charge on any atom is 0.294 e. The van der Waals surface area contributed by atoms with Crippen molar-refractivity contribution in [3.8, 4) is 0 Å². The molecule has 4 aliphatic rings. The molecule has 21 N–H and O–H groups in total. The van der Waals surface area contributed by atoms with Crippen LogP contribution in [0.1, 0.15) is 6.42 Å². The Morgan fingerprint density at radius 2 is 1.20 bits per heavy atom. The number of alkyl halides is 2. The van der Waals surface area contributed by atoms with Gasteiger partial charge in [-0.3, -0.25) is 4.79 Å². The molecule has 4 fully saturated rings. The van der Waals surface area contributed by atoms with Crippen LogP contribution in [0.5, 0.6) is 0 Å². The van der Waals surface area contributed by atoms with Crippen LogP contribution < -0.4 is 39.7 Å². The van der Waals surface area contributed by atoms with E-state index in [1.165, 1.54) is 0 Å². The summed E-state index contributed by atoms with van der Waals surface area (Å²) in [6.45, 7) is -2.70. The fourth-order valence-corrected chi connectivity index (χ4v) is 6.42. The summed E-state index contributed by atoms with van der Waals surface area (Å²) in [5.41, 5.74) is 34.6. The van der Waals surface area contributed by atoms with Crippen LogP contribution in [0.3, 0.4) is 0 Å². The lowest BCUT2D eigenvalue weighted by Crippen LogP contribution is -2.69. The first kappa shape index (κ1) is 42.3. The van der Waals surface area contributed by atoms with Gasteiger partial charge in [0, 0.05) is 19.1 Å². The molecule has 1 saturated carbocycles. The molecule has 0 aromatic rings. The van der Waals surface area contributed by atoms with Crippen LogP contribution >= 0.6 is 0 Å². The number of ether oxygens (including phenoxy) is 6. The molecule has 0 aromatic carbocycles. The summed E-state index contributed by atoms with van der Waals surface area (Å²) < 4.78 is 62.6. The number of nitrogens with two attached hydrogens (primary N) is 6. The molecule has 4 rings (SSSR count). The van der Waals surface area contributed by atoms with Gasteiger partial charge in [0.15, 0.2) is 25.0 Å². The summed E-state index contributed by atoms with van der Waals surface area (Å²) in [5, 5.41) is 86.1. The first-order valence-electron chi connectivity index (χ1n) is 16.3. The average molecular weight is 752 g/mol. The van der Waals surface area contributed by atoms with Gasteiger partial charge in [-0.25, -0.2) is 8.78 Å². The quantitative estimate of drug-likeness (QED) is 0.0830. The van der Waals surface area contributed by atoms with E-state index in [0.29, 0.717) is 0 Å². The van der Waals surface area contributed by atoms with E-state index >= 15 is 0 Å². The largest absolute Gasteiger partial charge is 0.394 e. The minimum absolute atomic E-state index is 0.250. The van der Waals surface area contributed by atoms with Crippen LogP contribution in [0, 0.1) is 0 Å². The molecule has 0 bridgehead atoms. The van der Waals surface area contributed by atoms with E-state index in [0.717, 1.165) is 0 Å². The molecule has 298 valence electrons. The molecule has 51 heavy (non-hydrogen) atoms. The predicted octanol–water partition coefficient (Wildman–Crippen LogP) is -9.78. The van der Waals surface area contributed by atoms with Gasteiger partial charge < -0.3 is 109 Å². The number of aliphatic hydroxyl groups excluding tert-OH is 8. The van der Waals surface area contributed by atoms with Gasteiger partial charge in [-0.15, -0.1) is 0 Å². The van der Waals surface area contributed by atoms with Crippen LogP contribution in [-0.4, -0.2) is 201 Å². The third kappa shape index (κ3) is 8.76. The average Bonchev–Trinajstić information content (AvgIpc) is 3.40. The molecule has 22 nitrogen and oxygen atoms in total. The number of hydrogen-bond donors (Lipinski definition) is 15. The number of aliphatic hydroxyl groups is 8. The number of amides is 1. The van der Waals surface area contributed by atoms with Gasteiger partial charge in [-0.05, 0) is 6.42 Å². The second kappa shape index (κ2) is 17.3. The summed E-state index contributed by atoms with van der Waals surface area (Å²) >= 11 is 0. The van der Waals surface area contributed by atoms with Crippen molar-refractivity contribution >= 4 is 5.91 Å². The van der Waals surface area contributed by atoms with Crippen molar-refractivity contribution in [3.05, 3.63) is 0 Å². The predicted molar refractivity (Wildman–Crippen MR) is 162 cm³/mol.